The van der Waals surface area contributed by atoms with Crippen molar-refractivity contribution in [1.29, 1.82) is 0 Å². The largest absolute Gasteiger partial charge is 0.463 e. The Morgan fingerprint density at radius 3 is 2.71 bits per heavy atom. The van der Waals surface area contributed by atoms with Gasteiger partial charge < -0.3 is 14.8 Å². The van der Waals surface area contributed by atoms with Crippen LogP contribution < -0.4 is 10.1 Å². The van der Waals surface area contributed by atoms with Gasteiger partial charge in [0.25, 0.3) is 0 Å². The first-order valence-corrected chi connectivity index (χ1v) is 9.04. The molecule has 0 aromatic heterocycles. The first kappa shape index (κ1) is 19.2. The highest BCUT2D eigenvalue weighted by molar-refractivity contribution is 9.11. The number of benzene rings is 1. The van der Waals surface area contributed by atoms with E-state index in [1.807, 2.05) is 0 Å². The highest BCUT2D eigenvalue weighted by Gasteiger charge is 2.22. The fraction of sp³-hybridized carbons (Fsp3) is 0.438. The van der Waals surface area contributed by atoms with E-state index in [0.717, 1.165) is 12.8 Å². The molecule has 4 nitrogen and oxygen atoms in total. The summed E-state index contributed by atoms with van der Waals surface area (Å²) in [7, 11) is 0. The van der Waals surface area contributed by atoms with Crippen molar-refractivity contribution >= 4 is 37.8 Å². The fourth-order valence-corrected chi connectivity index (χ4v) is 3.26. The number of hydrogen-bond acceptors (Lipinski definition) is 4. The van der Waals surface area contributed by atoms with Gasteiger partial charge in [-0.05, 0) is 63.3 Å². The Balaban J connectivity index is 2.24. The molecule has 8 heteroatoms. The molecule has 2 rings (SSSR count). The number of carbonyl (C=O) groups excluding carboxylic acids is 1. The molecular weight excluding hydrogens is 452 g/mol. The summed E-state index contributed by atoms with van der Waals surface area (Å²) in [5.41, 5.74) is 1.07. The van der Waals surface area contributed by atoms with Crippen molar-refractivity contribution in [3.63, 3.8) is 0 Å². The Morgan fingerprint density at radius 2 is 2.12 bits per heavy atom. The highest BCUT2D eigenvalue weighted by atomic mass is 79.9. The van der Waals surface area contributed by atoms with E-state index < -0.39 is 12.6 Å². The lowest BCUT2D eigenvalue weighted by Crippen LogP contribution is -2.16. The number of alkyl halides is 2. The lowest BCUT2D eigenvalue weighted by atomic mass is 10.1. The second-order valence-electron chi connectivity index (χ2n) is 5.24. The smallest absolute Gasteiger partial charge is 0.387 e. The van der Waals surface area contributed by atoms with Gasteiger partial charge in [0.2, 0.25) is 0 Å². The maximum atomic E-state index is 12.6. The van der Waals surface area contributed by atoms with E-state index in [2.05, 4.69) is 41.9 Å². The number of ether oxygens (including phenoxy) is 2. The van der Waals surface area contributed by atoms with Gasteiger partial charge in [-0.15, -0.1) is 0 Å². The van der Waals surface area contributed by atoms with Crippen LogP contribution in [0.3, 0.4) is 0 Å². The summed E-state index contributed by atoms with van der Waals surface area (Å²) in [6.07, 6.45) is 4.02. The van der Waals surface area contributed by atoms with Crippen molar-refractivity contribution < 1.29 is 23.0 Å². The first-order valence-electron chi connectivity index (χ1n) is 7.46. The standard InChI is InChI=1S/C16H17Br2F2NO3/c1-2-23-15(22)10(8-21-11-4-5-11)7-9-3-6-12(17)14(13(9)18)24-16(19)20/h3,6,8,11,16,21H,2,4-5,7H2,1H3. The van der Waals surface area contributed by atoms with Crippen LogP contribution in [0, 0.1) is 0 Å². The minimum atomic E-state index is -2.94. The Kier molecular flexibility index (Phi) is 7.03. The van der Waals surface area contributed by atoms with Crippen molar-refractivity contribution in [3.8, 4) is 5.75 Å². The zero-order chi connectivity index (χ0) is 17.7. The molecule has 0 unspecified atom stereocenters. The predicted octanol–water partition coefficient (Wildman–Crippen LogP) is 4.55. The third-order valence-electron chi connectivity index (χ3n) is 3.33. The second-order valence-corrected chi connectivity index (χ2v) is 6.88. The van der Waals surface area contributed by atoms with Crippen LogP contribution in [0.15, 0.2) is 32.9 Å². The zero-order valence-corrected chi connectivity index (χ0v) is 16.1. The van der Waals surface area contributed by atoms with Crippen LogP contribution in [0.25, 0.3) is 0 Å². The van der Waals surface area contributed by atoms with E-state index >= 15 is 0 Å². The molecule has 0 radical (unpaired) electrons. The first-order chi connectivity index (χ1) is 11.4. The summed E-state index contributed by atoms with van der Waals surface area (Å²) in [6, 6.07) is 3.73. The van der Waals surface area contributed by atoms with E-state index in [0.29, 0.717) is 26.1 Å². The molecule has 1 N–H and O–H groups in total. The van der Waals surface area contributed by atoms with Crippen LogP contribution >= 0.6 is 31.9 Å². The average Bonchev–Trinajstić information content (AvgIpc) is 3.34. The van der Waals surface area contributed by atoms with E-state index in [4.69, 9.17) is 4.74 Å². The Bertz CT molecular complexity index is 634. The molecule has 132 valence electrons. The number of esters is 1. The quantitative estimate of drug-likeness (QED) is 0.449. The van der Waals surface area contributed by atoms with Crippen LogP contribution in [0.1, 0.15) is 25.3 Å². The number of nitrogens with one attached hydrogen (secondary N) is 1. The molecule has 0 bridgehead atoms. The van der Waals surface area contributed by atoms with E-state index in [1.165, 1.54) is 0 Å². The topological polar surface area (TPSA) is 47.6 Å². The van der Waals surface area contributed by atoms with Crippen LogP contribution in [0.2, 0.25) is 0 Å². The van der Waals surface area contributed by atoms with Gasteiger partial charge >= 0.3 is 12.6 Å². The Morgan fingerprint density at radius 1 is 1.42 bits per heavy atom. The fourth-order valence-electron chi connectivity index (χ4n) is 1.99. The number of halogens is 4. The summed E-state index contributed by atoms with van der Waals surface area (Å²) in [5.74, 6) is -0.433. The molecule has 1 aliphatic carbocycles. The number of carbonyl (C=O) groups is 1. The molecule has 0 atom stereocenters. The van der Waals surface area contributed by atoms with E-state index in [-0.39, 0.29) is 18.8 Å². The van der Waals surface area contributed by atoms with Gasteiger partial charge in [-0.3, -0.25) is 0 Å². The average molecular weight is 469 g/mol. The molecule has 1 fully saturated rings. The lowest BCUT2D eigenvalue weighted by Gasteiger charge is -2.14. The predicted molar refractivity (Wildman–Crippen MR) is 93.1 cm³/mol. The van der Waals surface area contributed by atoms with Crippen LogP contribution in [0.4, 0.5) is 8.78 Å². The van der Waals surface area contributed by atoms with Gasteiger partial charge in [0.05, 0.1) is 21.1 Å². The summed E-state index contributed by atoms with van der Waals surface area (Å²) in [6.45, 7) is -0.945. The summed E-state index contributed by atoms with van der Waals surface area (Å²) < 4.78 is 35.5. The van der Waals surface area contributed by atoms with E-state index in [1.54, 1.807) is 25.3 Å². The number of rotatable bonds is 8. The van der Waals surface area contributed by atoms with Gasteiger partial charge in [-0.1, -0.05) is 6.07 Å². The molecule has 0 spiro atoms. The molecule has 1 aromatic carbocycles. The number of hydrogen-bond donors (Lipinski definition) is 1. The van der Waals surface area contributed by atoms with E-state index in [9.17, 15) is 13.6 Å². The summed E-state index contributed by atoms with van der Waals surface area (Å²) in [5, 5.41) is 3.16. The summed E-state index contributed by atoms with van der Waals surface area (Å²) in [4.78, 5) is 12.1. The van der Waals surface area contributed by atoms with Crippen molar-refractivity contribution in [3.05, 3.63) is 38.4 Å². The third kappa shape index (κ3) is 5.44. The Labute approximate surface area is 155 Å². The molecule has 0 amide bonds. The van der Waals surface area contributed by atoms with Crippen LogP contribution in [-0.4, -0.2) is 25.2 Å². The minimum Gasteiger partial charge on any atom is -0.463 e. The van der Waals surface area contributed by atoms with Gasteiger partial charge in [0.1, 0.15) is 0 Å². The van der Waals surface area contributed by atoms with Crippen molar-refractivity contribution in [2.75, 3.05) is 6.61 Å². The van der Waals surface area contributed by atoms with Crippen LogP contribution in [0.5, 0.6) is 5.75 Å². The minimum absolute atomic E-state index is 0.000797. The van der Waals surface area contributed by atoms with Crippen molar-refractivity contribution in [1.82, 2.24) is 5.32 Å². The highest BCUT2D eigenvalue weighted by Crippen LogP contribution is 2.38. The van der Waals surface area contributed by atoms with Crippen molar-refractivity contribution in [2.24, 2.45) is 0 Å². The molecule has 1 saturated carbocycles. The second kappa shape index (κ2) is 8.80. The molecule has 0 aliphatic heterocycles. The maximum Gasteiger partial charge on any atom is 0.387 e. The van der Waals surface area contributed by atoms with Crippen molar-refractivity contribution in [2.45, 2.75) is 38.8 Å². The lowest BCUT2D eigenvalue weighted by molar-refractivity contribution is -0.138. The zero-order valence-electron chi connectivity index (χ0n) is 13.0. The summed E-state index contributed by atoms with van der Waals surface area (Å²) >= 11 is 6.46. The third-order valence-corrected chi connectivity index (χ3v) is 4.82. The van der Waals surface area contributed by atoms with Gasteiger partial charge in [0.15, 0.2) is 5.75 Å². The maximum absolute atomic E-state index is 12.6. The molecule has 1 aliphatic rings. The molecule has 24 heavy (non-hydrogen) atoms. The monoisotopic (exact) mass is 467 g/mol. The SMILES string of the molecule is CCOC(=O)C(=CNC1CC1)Cc1ccc(Br)c(OC(F)F)c1Br. The van der Waals surface area contributed by atoms with Gasteiger partial charge in [0, 0.05) is 18.7 Å². The molecular formula is C16H17Br2F2NO3. The van der Waals surface area contributed by atoms with Gasteiger partial charge in [-0.25, -0.2) is 4.79 Å². The molecule has 1 aromatic rings. The molecule has 0 saturated heterocycles. The molecule has 0 heterocycles. The van der Waals surface area contributed by atoms with Crippen LogP contribution in [-0.2, 0) is 16.0 Å². The van der Waals surface area contributed by atoms with Gasteiger partial charge in [-0.2, -0.15) is 8.78 Å². The normalized spacial score (nSPS) is 14.7. The Hall–Kier alpha value is -1.15.